The number of nitrogens with one attached hydrogen (secondary N) is 2. The standard InChI is InChI=1S/C26H29N5O4/c1-18-19(16-31(29-18)21-9-5-4-6-10-21)8-7-15-27-23(32)17-30-24(33)26(2,28-25(30)34)20-11-13-22(35-3)14-12-20/h4-6,9-14,16H,7-8,15,17H2,1-3H3,(H,27,32)(H,28,34). The Balaban J connectivity index is 1.28. The number of methoxy groups -OCH3 is 1. The van der Waals surface area contributed by atoms with Crippen molar-refractivity contribution in [2.45, 2.75) is 32.2 Å². The molecule has 4 rings (SSSR count). The molecule has 0 radical (unpaired) electrons. The van der Waals surface area contributed by atoms with Crippen LogP contribution in [0.15, 0.2) is 60.8 Å². The zero-order valence-corrected chi connectivity index (χ0v) is 20.1. The summed E-state index contributed by atoms with van der Waals surface area (Å²) in [5.74, 6) is -0.205. The van der Waals surface area contributed by atoms with Crippen molar-refractivity contribution in [1.82, 2.24) is 25.3 Å². The SMILES string of the molecule is COc1ccc(C2(C)NC(=O)N(CC(=O)NCCCc3cn(-c4ccccc4)nc3C)C2=O)cc1. The molecule has 182 valence electrons. The van der Waals surface area contributed by atoms with Gasteiger partial charge in [0.15, 0.2) is 0 Å². The molecule has 3 aromatic rings. The Morgan fingerprint density at radius 2 is 1.83 bits per heavy atom. The van der Waals surface area contributed by atoms with Crippen LogP contribution >= 0.6 is 0 Å². The van der Waals surface area contributed by atoms with Crippen LogP contribution in [0.4, 0.5) is 4.79 Å². The average Bonchev–Trinajstić information content (AvgIpc) is 3.34. The Hall–Kier alpha value is -4.14. The Morgan fingerprint density at radius 3 is 2.51 bits per heavy atom. The molecular weight excluding hydrogens is 446 g/mol. The number of benzene rings is 2. The number of aryl methyl sites for hydroxylation is 2. The van der Waals surface area contributed by atoms with Crippen molar-refractivity contribution < 1.29 is 19.1 Å². The molecule has 1 atom stereocenters. The third-order valence-electron chi connectivity index (χ3n) is 6.21. The van der Waals surface area contributed by atoms with Crippen LogP contribution in [0.2, 0.25) is 0 Å². The maximum absolute atomic E-state index is 13.0. The van der Waals surface area contributed by atoms with Crippen LogP contribution in [0.25, 0.3) is 5.69 Å². The summed E-state index contributed by atoms with van der Waals surface area (Å²) >= 11 is 0. The normalized spacial score (nSPS) is 17.4. The van der Waals surface area contributed by atoms with Crippen molar-refractivity contribution >= 4 is 17.8 Å². The number of ether oxygens (including phenoxy) is 1. The minimum absolute atomic E-state index is 0.332. The lowest BCUT2D eigenvalue weighted by Gasteiger charge is -2.22. The molecule has 1 saturated heterocycles. The molecule has 0 spiro atoms. The quantitative estimate of drug-likeness (QED) is 0.366. The number of hydrogen-bond acceptors (Lipinski definition) is 5. The monoisotopic (exact) mass is 475 g/mol. The first-order valence-electron chi connectivity index (χ1n) is 11.5. The van der Waals surface area contributed by atoms with E-state index < -0.39 is 17.5 Å². The fraction of sp³-hybridized carbons (Fsp3) is 0.308. The third kappa shape index (κ3) is 5.03. The number of amides is 4. The first-order chi connectivity index (χ1) is 16.8. The smallest absolute Gasteiger partial charge is 0.325 e. The topological polar surface area (TPSA) is 106 Å². The Kier molecular flexibility index (Phi) is 6.86. The highest BCUT2D eigenvalue weighted by Crippen LogP contribution is 2.29. The number of para-hydroxylation sites is 1. The predicted octanol–water partition coefficient (Wildman–Crippen LogP) is 2.71. The number of imide groups is 1. The van der Waals surface area contributed by atoms with Crippen molar-refractivity contribution in [2.24, 2.45) is 0 Å². The van der Waals surface area contributed by atoms with Crippen LogP contribution < -0.4 is 15.4 Å². The van der Waals surface area contributed by atoms with E-state index in [1.165, 1.54) is 0 Å². The second kappa shape index (κ2) is 10.0. The minimum Gasteiger partial charge on any atom is -0.497 e. The molecule has 1 aliphatic rings. The van der Waals surface area contributed by atoms with E-state index in [1.807, 2.05) is 48.1 Å². The van der Waals surface area contributed by atoms with Crippen LogP contribution in [0, 0.1) is 6.92 Å². The number of hydrogen-bond donors (Lipinski definition) is 2. The summed E-state index contributed by atoms with van der Waals surface area (Å²) in [5.41, 5.74) is 2.42. The number of rotatable bonds is 9. The second-order valence-corrected chi connectivity index (χ2v) is 8.65. The number of carbonyl (C=O) groups is 3. The maximum atomic E-state index is 13.0. The molecule has 0 saturated carbocycles. The van der Waals surface area contributed by atoms with Crippen molar-refractivity contribution in [3.8, 4) is 11.4 Å². The average molecular weight is 476 g/mol. The summed E-state index contributed by atoms with van der Waals surface area (Å²) in [5, 5.41) is 10.1. The summed E-state index contributed by atoms with van der Waals surface area (Å²) < 4.78 is 7.00. The maximum Gasteiger partial charge on any atom is 0.325 e. The van der Waals surface area contributed by atoms with Gasteiger partial charge in [-0.15, -0.1) is 0 Å². The Bertz CT molecular complexity index is 1220. The molecule has 2 aromatic carbocycles. The van der Waals surface area contributed by atoms with Gasteiger partial charge in [-0.05, 0) is 62.1 Å². The van der Waals surface area contributed by atoms with Crippen LogP contribution in [0.5, 0.6) is 5.75 Å². The first kappa shape index (κ1) is 24.0. The minimum atomic E-state index is -1.24. The van der Waals surface area contributed by atoms with E-state index in [2.05, 4.69) is 15.7 Å². The zero-order valence-electron chi connectivity index (χ0n) is 20.1. The van der Waals surface area contributed by atoms with Gasteiger partial charge in [-0.2, -0.15) is 5.10 Å². The number of aromatic nitrogens is 2. The van der Waals surface area contributed by atoms with E-state index >= 15 is 0 Å². The Labute approximate surface area is 204 Å². The van der Waals surface area contributed by atoms with Gasteiger partial charge in [-0.1, -0.05) is 30.3 Å². The lowest BCUT2D eigenvalue weighted by atomic mass is 9.92. The second-order valence-electron chi connectivity index (χ2n) is 8.65. The van der Waals surface area contributed by atoms with Crippen molar-refractivity contribution in [1.29, 1.82) is 0 Å². The van der Waals surface area contributed by atoms with Crippen LogP contribution in [-0.2, 0) is 21.5 Å². The van der Waals surface area contributed by atoms with Crippen LogP contribution in [0.1, 0.15) is 30.2 Å². The van der Waals surface area contributed by atoms with Gasteiger partial charge >= 0.3 is 6.03 Å². The van der Waals surface area contributed by atoms with Crippen LogP contribution in [-0.4, -0.2) is 52.7 Å². The molecule has 1 aliphatic heterocycles. The number of carbonyl (C=O) groups excluding carboxylic acids is 3. The first-order valence-corrected chi connectivity index (χ1v) is 11.5. The molecule has 4 amide bonds. The fourth-order valence-electron chi connectivity index (χ4n) is 4.12. The molecule has 0 bridgehead atoms. The Morgan fingerprint density at radius 1 is 1.11 bits per heavy atom. The highest BCUT2D eigenvalue weighted by Gasteiger charge is 2.49. The van der Waals surface area contributed by atoms with Gasteiger partial charge < -0.3 is 15.4 Å². The predicted molar refractivity (Wildman–Crippen MR) is 130 cm³/mol. The molecule has 2 heterocycles. The largest absolute Gasteiger partial charge is 0.497 e. The highest BCUT2D eigenvalue weighted by atomic mass is 16.5. The molecule has 35 heavy (non-hydrogen) atoms. The summed E-state index contributed by atoms with van der Waals surface area (Å²) in [7, 11) is 1.55. The van der Waals surface area contributed by atoms with Gasteiger partial charge in [0.1, 0.15) is 17.8 Å². The van der Waals surface area contributed by atoms with E-state index in [1.54, 1.807) is 38.3 Å². The lowest BCUT2D eigenvalue weighted by Crippen LogP contribution is -2.43. The van der Waals surface area contributed by atoms with Crippen LogP contribution in [0.3, 0.4) is 0 Å². The zero-order chi connectivity index (χ0) is 25.0. The van der Waals surface area contributed by atoms with Gasteiger partial charge in [0.05, 0.1) is 18.5 Å². The van der Waals surface area contributed by atoms with Crippen molar-refractivity contribution in [3.05, 3.63) is 77.6 Å². The molecule has 1 unspecified atom stereocenters. The van der Waals surface area contributed by atoms with E-state index in [0.29, 0.717) is 24.3 Å². The van der Waals surface area contributed by atoms with Gasteiger partial charge in [0, 0.05) is 12.7 Å². The van der Waals surface area contributed by atoms with Crippen molar-refractivity contribution in [3.63, 3.8) is 0 Å². The van der Waals surface area contributed by atoms with Gasteiger partial charge in [-0.3, -0.25) is 14.5 Å². The molecule has 1 fully saturated rings. The van der Waals surface area contributed by atoms with E-state index in [4.69, 9.17) is 4.74 Å². The van der Waals surface area contributed by atoms with E-state index in [9.17, 15) is 14.4 Å². The molecule has 9 heteroatoms. The molecular formula is C26H29N5O4. The summed E-state index contributed by atoms with van der Waals surface area (Å²) in [6.45, 7) is 3.69. The summed E-state index contributed by atoms with van der Waals surface area (Å²) in [6.07, 6.45) is 3.45. The number of nitrogens with zero attached hydrogens (tertiary/aromatic N) is 3. The number of urea groups is 1. The summed E-state index contributed by atoms with van der Waals surface area (Å²) in [6, 6.07) is 16.2. The highest BCUT2D eigenvalue weighted by molar-refractivity contribution is 6.09. The third-order valence-corrected chi connectivity index (χ3v) is 6.21. The fourth-order valence-corrected chi connectivity index (χ4v) is 4.12. The summed E-state index contributed by atoms with van der Waals surface area (Å²) in [4.78, 5) is 38.9. The molecule has 1 aromatic heterocycles. The molecule has 9 nitrogen and oxygen atoms in total. The van der Waals surface area contributed by atoms with E-state index in [-0.39, 0.29) is 12.5 Å². The van der Waals surface area contributed by atoms with E-state index in [0.717, 1.165) is 28.3 Å². The van der Waals surface area contributed by atoms with Gasteiger partial charge in [-0.25, -0.2) is 9.48 Å². The lowest BCUT2D eigenvalue weighted by molar-refractivity contribution is -0.134. The molecule has 2 N–H and O–H groups in total. The van der Waals surface area contributed by atoms with Crippen molar-refractivity contribution in [2.75, 3.05) is 20.2 Å². The molecule has 0 aliphatic carbocycles. The van der Waals surface area contributed by atoms with Gasteiger partial charge in [0.2, 0.25) is 5.91 Å². The van der Waals surface area contributed by atoms with Gasteiger partial charge in [0.25, 0.3) is 5.91 Å².